The predicted molar refractivity (Wildman–Crippen MR) is 113 cm³/mol. The number of hydrogen-bond acceptors (Lipinski definition) is 11. The van der Waals surface area contributed by atoms with Crippen LogP contribution in [0.4, 0.5) is 0 Å². The first-order chi connectivity index (χ1) is 15.6. The summed E-state index contributed by atoms with van der Waals surface area (Å²) >= 11 is 0. The summed E-state index contributed by atoms with van der Waals surface area (Å²) < 4.78 is 32.7. The van der Waals surface area contributed by atoms with Gasteiger partial charge in [-0.05, 0) is 12.8 Å². The molecular weight excluding hydrogens is 440 g/mol. The molecular formula is C22H36O11. The zero-order chi connectivity index (χ0) is 24.8. The normalized spacial score (nSPS) is 24.6. The molecule has 5 atom stereocenters. The Balaban J connectivity index is 2.95. The molecule has 0 aromatic carbocycles. The molecule has 11 heteroatoms. The van der Waals surface area contributed by atoms with E-state index >= 15 is 0 Å². The topological polar surface area (TPSA) is 144 Å². The minimum Gasteiger partial charge on any atom is -0.463 e. The summed E-state index contributed by atoms with van der Waals surface area (Å²) in [6.45, 7) is 4.89. The maximum absolute atomic E-state index is 11.8. The number of esters is 4. The number of ether oxygens (including phenoxy) is 6. The molecule has 33 heavy (non-hydrogen) atoms. The quantitative estimate of drug-likeness (QED) is 0.221. The number of hydrogen-bond donors (Lipinski definition) is 1. The van der Waals surface area contributed by atoms with Gasteiger partial charge in [0.25, 0.3) is 0 Å². The number of unbranched alkanes of at least 4 members (excludes halogenated alkanes) is 5. The van der Waals surface area contributed by atoms with Crippen LogP contribution in [0.5, 0.6) is 0 Å². The fourth-order valence-corrected chi connectivity index (χ4v) is 3.44. The number of rotatable bonds is 14. The Hall–Kier alpha value is -2.24. The largest absolute Gasteiger partial charge is 0.463 e. The van der Waals surface area contributed by atoms with E-state index in [1.807, 2.05) is 0 Å². The van der Waals surface area contributed by atoms with Crippen LogP contribution in [-0.2, 0) is 47.6 Å². The minimum absolute atomic E-state index is 0.187. The molecule has 0 aromatic heterocycles. The van der Waals surface area contributed by atoms with Gasteiger partial charge >= 0.3 is 23.9 Å². The summed E-state index contributed by atoms with van der Waals surface area (Å²) in [5.74, 6) is -2.62. The lowest BCUT2D eigenvalue weighted by molar-refractivity contribution is -0.308. The molecule has 1 saturated heterocycles. The van der Waals surface area contributed by atoms with Gasteiger partial charge in [-0.1, -0.05) is 25.7 Å². The molecule has 1 aliphatic heterocycles. The monoisotopic (exact) mass is 476 g/mol. The molecule has 11 nitrogen and oxygen atoms in total. The molecule has 1 N–H and O–H groups in total. The van der Waals surface area contributed by atoms with Crippen molar-refractivity contribution in [2.24, 2.45) is 0 Å². The van der Waals surface area contributed by atoms with E-state index in [9.17, 15) is 19.2 Å². The molecule has 0 aromatic rings. The highest BCUT2D eigenvalue weighted by molar-refractivity contribution is 5.68. The van der Waals surface area contributed by atoms with Crippen molar-refractivity contribution in [1.82, 2.24) is 0 Å². The van der Waals surface area contributed by atoms with Crippen LogP contribution >= 0.6 is 0 Å². The molecule has 0 aliphatic carbocycles. The fraction of sp³-hybridized carbons (Fsp3) is 0.818. The first kappa shape index (κ1) is 28.8. The highest BCUT2D eigenvalue weighted by Gasteiger charge is 2.52. The summed E-state index contributed by atoms with van der Waals surface area (Å²) in [5.41, 5.74) is 0. The van der Waals surface area contributed by atoms with Crippen molar-refractivity contribution in [3.63, 3.8) is 0 Å². The summed E-state index contributed by atoms with van der Waals surface area (Å²) in [5, 5.41) is 8.82. The van der Waals surface area contributed by atoms with Gasteiger partial charge in [0, 0.05) is 40.9 Å². The smallest absolute Gasteiger partial charge is 0.303 e. The van der Waals surface area contributed by atoms with E-state index < -0.39 is 54.6 Å². The minimum atomic E-state index is -1.23. The Labute approximate surface area is 194 Å². The molecule has 0 amide bonds. The lowest BCUT2D eigenvalue weighted by Gasteiger charge is -2.44. The van der Waals surface area contributed by atoms with Crippen LogP contribution in [-0.4, -0.2) is 79.5 Å². The summed E-state index contributed by atoms with van der Waals surface area (Å²) in [6.07, 6.45) is -0.483. The van der Waals surface area contributed by atoms with Gasteiger partial charge < -0.3 is 33.5 Å². The lowest BCUT2D eigenvalue weighted by Crippen LogP contribution is -2.63. The van der Waals surface area contributed by atoms with Gasteiger partial charge in [-0.3, -0.25) is 19.2 Å². The van der Waals surface area contributed by atoms with Crippen LogP contribution in [0.2, 0.25) is 0 Å². The Morgan fingerprint density at radius 3 is 1.76 bits per heavy atom. The summed E-state index contributed by atoms with van der Waals surface area (Å²) in [4.78, 5) is 46.5. The fourth-order valence-electron chi connectivity index (χ4n) is 3.44. The highest BCUT2D eigenvalue weighted by atomic mass is 16.7. The Morgan fingerprint density at radius 2 is 1.21 bits per heavy atom. The SMILES string of the molecule is CC(=O)OC[C@H]1O[C@@H](OCCCCCCCCO)[C@H](OC(C)=O)[C@@H](OC(C)=O)[C@@H]1OC(C)=O. The van der Waals surface area contributed by atoms with E-state index in [0.717, 1.165) is 39.0 Å². The van der Waals surface area contributed by atoms with E-state index in [2.05, 4.69) is 0 Å². The average Bonchev–Trinajstić information content (AvgIpc) is 2.71. The molecule has 0 unspecified atom stereocenters. The van der Waals surface area contributed by atoms with Crippen LogP contribution in [0.1, 0.15) is 66.2 Å². The number of aliphatic hydroxyl groups excluding tert-OH is 1. The van der Waals surface area contributed by atoms with Gasteiger partial charge in [0.05, 0.1) is 0 Å². The van der Waals surface area contributed by atoms with E-state index in [4.69, 9.17) is 33.5 Å². The number of carbonyl (C=O) groups excluding carboxylic acids is 4. The molecule has 1 heterocycles. The van der Waals surface area contributed by atoms with Crippen molar-refractivity contribution in [3.8, 4) is 0 Å². The predicted octanol–water partition coefficient (Wildman–Crippen LogP) is 1.42. The number of carbonyl (C=O) groups is 4. The maximum atomic E-state index is 11.8. The maximum Gasteiger partial charge on any atom is 0.303 e. The molecule has 1 rings (SSSR count). The van der Waals surface area contributed by atoms with Crippen LogP contribution in [0, 0.1) is 0 Å². The second-order valence-electron chi connectivity index (χ2n) is 7.78. The van der Waals surface area contributed by atoms with Crippen molar-refractivity contribution in [2.45, 2.75) is 96.9 Å². The molecule has 190 valence electrons. The van der Waals surface area contributed by atoms with Crippen molar-refractivity contribution in [2.75, 3.05) is 19.8 Å². The third kappa shape index (κ3) is 11.4. The van der Waals surface area contributed by atoms with Crippen LogP contribution < -0.4 is 0 Å². The van der Waals surface area contributed by atoms with E-state index in [-0.39, 0.29) is 19.8 Å². The van der Waals surface area contributed by atoms with Gasteiger partial charge in [-0.15, -0.1) is 0 Å². The molecule has 1 fully saturated rings. The van der Waals surface area contributed by atoms with E-state index in [1.165, 1.54) is 20.8 Å². The van der Waals surface area contributed by atoms with Crippen LogP contribution in [0.15, 0.2) is 0 Å². The van der Waals surface area contributed by atoms with Crippen LogP contribution in [0.3, 0.4) is 0 Å². The first-order valence-electron chi connectivity index (χ1n) is 11.2. The van der Waals surface area contributed by atoms with Gasteiger partial charge in [0.2, 0.25) is 0 Å². The average molecular weight is 477 g/mol. The zero-order valence-corrected chi connectivity index (χ0v) is 19.8. The molecule has 0 spiro atoms. The second-order valence-corrected chi connectivity index (χ2v) is 7.78. The molecule has 0 bridgehead atoms. The lowest BCUT2D eigenvalue weighted by atomic mass is 9.98. The van der Waals surface area contributed by atoms with Crippen molar-refractivity contribution >= 4 is 23.9 Å². The molecule has 0 radical (unpaired) electrons. The third-order valence-corrected chi connectivity index (χ3v) is 4.78. The standard InChI is InChI=1S/C22H36O11/c1-14(24)29-13-18-19(30-15(2)25)20(31-16(3)26)21(32-17(4)27)22(33-18)28-12-10-8-6-5-7-9-11-23/h18-23H,5-13H2,1-4H3/t18-,19-,20+,21-,22-/m1/s1. The Bertz CT molecular complexity index is 636. The van der Waals surface area contributed by atoms with Gasteiger partial charge in [-0.25, -0.2) is 0 Å². The van der Waals surface area contributed by atoms with E-state index in [1.54, 1.807) is 0 Å². The summed E-state index contributed by atoms with van der Waals surface area (Å²) in [7, 11) is 0. The first-order valence-corrected chi connectivity index (χ1v) is 11.2. The van der Waals surface area contributed by atoms with Gasteiger partial charge in [0.15, 0.2) is 24.6 Å². The number of aliphatic hydroxyl groups is 1. The van der Waals surface area contributed by atoms with Gasteiger partial charge in [0.1, 0.15) is 12.7 Å². The van der Waals surface area contributed by atoms with Crippen molar-refractivity contribution in [3.05, 3.63) is 0 Å². The Morgan fingerprint density at radius 1 is 0.697 bits per heavy atom. The van der Waals surface area contributed by atoms with E-state index in [0.29, 0.717) is 6.42 Å². The van der Waals surface area contributed by atoms with Crippen molar-refractivity contribution in [1.29, 1.82) is 0 Å². The Kier molecular flexibility index (Phi) is 13.6. The van der Waals surface area contributed by atoms with Crippen molar-refractivity contribution < 1.29 is 52.7 Å². The third-order valence-electron chi connectivity index (χ3n) is 4.78. The zero-order valence-electron chi connectivity index (χ0n) is 19.8. The van der Waals surface area contributed by atoms with Gasteiger partial charge in [-0.2, -0.15) is 0 Å². The summed E-state index contributed by atoms with van der Waals surface area (Å²) in [6, 6.07) is 0. The highest BCUT2D eigenvalue weighted by Crippen LogP contribution is 2.30. The second kappa shape index (κ2) is 15.6. The molecule has 0 saturated carbocycles. The molecule has 1 aliphatic rings. The van der Waals surface area contributed by atoms with Crippen LogP contribution in [0.25, 0.3) is 0 Å².